The first kappa shape index (κ1) is 26.2. The second-order valence-corrected chi connectivity index (χ2v) is 9.69. The Balaban J connectivity index is 1.42. The van der Waals surface area contributed by atoms with Gasteiger partial charge in [-0.25, -0.2) is 0 Å². The number of carbonyl (C=O) groups is 2. The molecule has 190 valence electrons. The van der Waals surface area contributed by atoms with E-state index in [9.17, 15) is 9.59 Å². The Bertz CT molecular complexity index is 1340. The zero-order valence-electron chi connectivity index (χ0n) is 20.6. The first-order chi connectivity index (χ1) is 17.9. The molecule has 0 radical (unpaired) electrons. The maximum atomic E-state index is 13.1. The van der Waals surface area contributed by atoms with Gasteiger partial charge >= 0.3 is 0 Å². The first-order valence-electron chi connectivity index (χ1n) is 11.5. The molecule has 0 unspecified atom stereocenters. The second-order valence-electron chi connectivity index (χ2n) is 8.01. The van der Waals surface area contributed by atoms with Crippen LogP contribution in [-0.2, 0) is 16.0 Å². The molecular formula is C28H26N2O5S2. The van der Waals surface area contributed by atoms with Gasteiger partial charge in [-0.2, -0.15) is 0 Å². The molecule has 4 rings (SSSR count). The minimum absolute atomic E-state index is 0.175. The van der Waals surface area contributed by atoms with Gasteiger partial charge in [0, 0.05) is 5.69 Å². The molecule has 0 saturated carbocycles. The molecule has 7 nitrogen and oxygen atoms in total. The summed E-state index contributed by atoms with van der Waals surface area (Å²) in [4.78, 5) is 27.4. The lowest BCUT2D eigenvalue weighted by Crippen LogP contribution is -2.27. The van der Waals surface area contributed by atoms with Crippen LogP contribution in [0.5, 0.6) is 17.2 Å². The van der Waals surface area contributed by atoms with Crippen molar-refractivity contribution in [1.29, 1.82) is 0 Å². The number of anilines is 2. The van der Waals surface area contributed by atoms with Crippen molar-refractivity contribution < 1.29 is 23.8 Å². The zero-order valence-corrected chi connectivity index (χ0v) is 22.3. The molecule has 1 saturated heterocycles. The molecule has 3 aromatic rings. The standard InChI is InChI=1S/C28H26N2O5S2/c1-4-18-5-8-20(9-6-18)29-26(31)17-35-23-14-7-19(15-24(23)34-3)16-25-27(32)30(28(36)37-25)21-10-12-22(33-2)13-11-21/h5-16H,4,17H2,1-3H3,(H,29,31)/b25-16-. The van der Waals surface area contributed by atoms with Crippen molar-refractivity contribution in [2.24, 2.45) is 0 Å². The lowest BCUT2D eigenvalue weighted by atomic mass is 10.1. The molecule has 0 spiro atoms. The van der Waals surface area contributed by atoms with E-state index < -0.39 is 0 Å². The van der Waals surface area contributed by atoms with Gasteiger partial charge in [0.15, 0.2) is 22.4 Å². The van der Waals surface area contributed by atoms with E-state index in [2.05, 4.69) is 12.2 Å². The van der Waals surface area contributed by atoms with Crippen molar-refractivity contribution in [1.82, 2.24) is 0 Å². The topological polar surface area (TPSA) is 77.1 Å². The SMILES string of the molecule is CCc1ccc(NC(=O)COc2ccc(/C=C3\SC(=S)N(c4ccc(OC)cc4)C3=O)cc2OC)cc1. The van der Waals surface area contributed by atoms with Crippen molar-refractivity contribution in [3.8, 4) is 17.2 Å². The highest BCUT2D eigenvalue weighted by molar-refractivity contribution is 8.27. The summed E-state index contributed by atoms with van der Waals surface area (Å²) in [5.41, 5.74) is 3.31. The summed E-state index contributed by atoms with van der Waals surface area (Å²) in [6, 6.07) is 20.1. The molecule has 0 aromatic heterocycles. The van der Waals surface area contributed by atoms with Crippen LogP contribution in [0.15, 0.2) is 71.6 Å². The normalized spacial score (nSPS) is 14.1. The van der Waals surface area contributed by atoms with Crippen LogP contribution in [0.1, 0.15) is 18.1 Å². The van der Waals surface area contributed by atoms with E-state index >= 15 is 0 Å². The van der Waals surface area contributed by atoms with E-state index in [1.165, 1.54) is 29.3 Å². The number of ether oxygens (including phenoxy) is 3. The number of hydrogen-bond donors (Lipinski definition) is 1. The predicted molar refractivity (Wildman–Crippen MR) is 152 cm³/mol. The Kier molecular flexibility index (Phi) is 8.47. The Morgan fingerprint density at radius 3 is 2.38 bits per heavy atom. The quantitative estimate of drug-likeness (QED) is 0.279. The van der Waals surface area contributed by atoms with Gasteiger partial charge in [-0.3, -0.25) is 14.5 Å². The van der Waals surface area contributed by atoms with Gasteiger partial charge in [-0.05, 0) is 72.2 Å². The third-order valence-electron chi connectivity index (χ3n) is 5.61. The molecule has 1 N–H and O–H groups in total. The molecule has 1 aliphatic rings. The van der Waals surface area contributed by atoms with Gasteiger partial charge in [0.1, 0.15) is 5.75 Å². The van der Waals surface area contributed by atoms with Crippen LogP contribution in [0.3, 0.4) is 0 Å². The molecular weight excluding hydrogens is 508 g/mol. The highest BCUT2D eigenvalue weighted by Gasteiger charge is 2.33. The molecule has 3 aromatic carbocycles. The molecule has 9 heteroatoms. The average Bonchev–Trinajstić information content (AvgIpc) is 3.20. The fourth-order valence-electron chi connectivity index (χ4n) is 3.63. The molecule has 0 aliphatic carbocycles. The van der Waals surface area contributed by atoms with E-state index in [1.54, 1.807) is 55.7 Å². The fourth-order valence-corrected chi connectivity index (χ4v) is 4.93. The number of aryl methyl sites for hydroxylation is 1. The molecule has 1 fully saturated rings. The Morgan fingerprint density at radius 1 is 1.00 bits per heavy atom. The van der Waals surface area contributed by atoms with Gasteiger partial charge in [-0.1, -0.05) is 49.1 Å². The fraction of sp³-hybridized carbons (Fsp3) is 0.179. The summed E-state index contributed by atoms with van der Waals surface area (Å²) in [7, 11) is 3.10. The monoisotopic (exact) mass is 534 g/mol. The Morgan fingerprint density at radius 2 is 1.73 bits per heavy atom. The van der Waals surface area contributed by atoms with E-state index in [4.69, 9.17) is 26.4 Å². The highest BCUT2D eigenvalue weighted by Crippen LogP contribution is 2.37. The summed E-state index contributed by atoms with van der Waals surface area (Å²) in [5, 5.41) is 2.82. The van der Waals surface area contributed by atoms with Crippen LogP contribution in [0.4, 0.5) is 11.4 Å². The third kappa shape index (κ3) is 6.31. The smallest absolute Gasteiger partial charge is 0.270 e. The van der Waals surface area contributed by atoms with Crippen LogP contribution < -0.4 is 24.4 Å². The maximum absolute atomic E-state index is 13.1. The maximum Gasteiger partial charge on any atom is 0.270 e. The first-order valence-corrected chi connectivity index (χ1v) is 12.8. The third-order valence-corrected chi connectivity index (χ3v) is 6.92. The molecule has 0 atom stereocenters. The van der Waals surface area contributed by atoms with Crippen molar-refractivity contribution in [2.75, 3.05) is 31.0 Å². The van der Waals surface area contributed by atoms with Crippen molar-refractivity contribution in [3.05, 3.63) is 82.8 Å². The van der Waals surface area contributed by atoms with Gasteiger partial charge < -0.3 is 19.5 Å². The summed E-state index contributed by atoms with van der Waals surface area (Å²) < 4.78 is 16.8. The van der Waals surface area contributed by atoms with Crippen LogP contribution in [0, 0.1) is 0 Å². The molecule has 1 heterocycles. The Labute approximate surface area is 225 Å². The lowest BCUT2D eigenvalue weighted by molar-refractivity contribution is -0.118. The summed E-state index contributed by atoms with van der Waals surface area (Å²) in [5.74, 6) is 1.07. The number of thiocarbonyl (C=S) groups is 1. The van der Waals surface area contributed by atoms with Crippen LogP contribution in [-0.4, -0.2) is 37.0 Å². The van der Waals surface area contributed by atoms with Crippen molar-refractivity contribution in [3.63, 3.8) is 0 Å². The average molecular weight is 535 g/mol. The van der Waals surface area contributed by atoms with Crippen LogP contribution in [0.25, 0.3) is 6.08 Å². The molecule has 1 aliphatic heterocycles. The molecule has 0 bridgehead atoms. The van der Waals surface area contributed by atoms with Crippen LogP contribution >= 0.6 is 24.0 Å². The second kappa shape index (κ2) is 11.9. The number of carbonyl (C=O) groups excluding carboxylic acids is 2. The van der Waals surface area contributed by atoms with E-state index in [0.29, 0.717) is 37.8 Å². The predicted octanol–water partition coefficient (Wildman–Crippen LogP) is 5.69. The number of amides is 2. The van der Waals surface area contributed by atoms with Gasteiger partial charge in [0.2, 0.25) is 0 Å². The number of nitrogens with zero attached hydrogens (tertiary/aromatic N) is 1. The van der Waals surface area contributed by atoms with Gasteiger partial charge in [-0.15, -0.1) is 0 Å². The van der Waals surface area contributed by atoms with Crippen LogP contribution in [0.2, 0.25) is 0 Å². The number of benzene rings is 3. The minimum atomic E-state index is -0.280. The van der Waals surface area contributed by atoms with Gasteiger partial charge in [0.25, 0.3) is 11.8 Å². The van der Waals surface area contributed by atoms with Gasteiger partial charge in [0.05, 0.1) is 24.8 Å². The minimum Gasteiger partial charge on any atom is -0.497 e. The number of methoxy groups -OCH3 is 2. The summed E-state index contributed by atoms with van der Waals surface area (Å²) in [6.07, 6.45) is 2.69. The number of thioether (sulfide) groups is 1. The summed E-state index contributed by atoms with van der Waals surface area (Å²) >= 11 is 6.68. The van der Waals surface area contributed by atoms with E-state index in [0.717, 1.165) is 12.0 Å². The number of hydrogen-bond acceptors (Lipinski definition) is 7. The van der Waals surface area contributed by atoms with Crippen molar-refractivity contribution in [2.45, 2.75) is 13.3 Å². The lowest BCUT2D eigenvalue weighted by Gasteiger charge is -2.14. The van der Waals surface area contributed by atoms with E-state index in [-0.39, 0.29) is 18.4 Å². The highest BCUT2D eigenvalue weighted by atomic mass is 32.2. The van der Waals surface area contributed by atoms with Crippen molar-refractivity contribution >= 4 is 57.6 Å². The largest absolute Gasteiger partial charge is 0.497 e. The van der Waals surface area contributed by atoms with E-state index in [1.807, 2.05) is 24.3 Å². The molecule has 37 heavy (non-hydrogen) atoms. The Hall–Kier alpha value is -3.82. The number of rotatable bonds is 9. The molecule has 2 amide bonds. The summed E-state index contributed by atoms with van der Waals surface area (Å²) in [6.45, 7) is 1.90. The zero-order chi connectivity index (χ0) is 26.4. The number of nitrogens with one attached hydrogen (secondary N) is 1.